The molecule has 1 amide bonds. The molecule has 0 saturated heterocycles. The van der Waals surface area contributed by atoms with Gasteiger partial charge < -0.3 is 15.5 Å². The maximum Gasteiger partial charge on any atom is 0.220 e. The van der Waals surface area contributed by atoms with Gasteiger partial charge in [-0.3, -0.25) is 4.79 Å². The van der Waals surface area contributed by atoms with Gasteiger partial charge in [0.1, 0.15) is 0 Å². The van der Waals surface area contributed by atoms with E-state index in [0.29, 0.717) is 6.42 Å². The smallest absolute Gasteiger partial charge is 0.220 e. The number of aliphatic hydroxyl groups is 2. The average molecular weight is 1130 g/mol. The van der Waals surface area contributed by atoms with Crippen molar-refractivity contribution < 1.29 is 15.0 Å². The highest BCUT2D eigenvalue weighted by atomic mass is 16.3. The van der Waals surface area contributed by atoms with Crippen LogP contribution in [0.5, 0.6) is 0 Å². The zero-order valence-corrected chi connectivity index (χ0v) is 54.0. The van der Waals surface area contributed by atoms with E-state index in [1.807, 2.05) is 6.08 Å². The second kappa shape index (κ2) is 71.5. The fourth-order valence-corrected chi connectivity index (χ4v) is 10.0. The first-order valence-corrected chi connectivity index (χ1v) is 35.0. The van der Waals surface area contributed by atoms with Gasteiger partial charge in [0.25, 0.3) is 0 Å². The standard InChI is InChI=1S/C78H133NO3/c1-3-5-7-9-11-13-15-17-19-21-23-25-27-29-31-33-35-37-38-39-40-42-44-46-48-50-52-54-56-58-60-62-64-66-68-70-72-74-78(82)79-76(75-80)77(81)73-71-69-67-65-63-61-59-57-55-53-51-49-47-45-43-41-36-34-32-30-28-26-24-22-20-18-16-14-12-10-8-6-4-2/h5,7,11,13,17,19,23,25,29,31,35,37,39-40,44,46,50,52,55,57,63,65,71,73,76-77,80-81H,3-4,6,8-10,12,14-16,18,20-22,24,26-28,30,32-34,36,38,41-43,45,47-49,51,53-54,56,58-62,64,66-70,72,74-75H2,1-2H3,(H,79,82)/b7-5-,13-11-,19-17-,25-23-,31-29-,37-35-,40-39-,46-44-,52-50-,57-55+,65-63+,73-71+. The normalized spacial score (nSPS) is 13.7. The first-order chi connectivity index (χ1) is 40.7. The van der Waals surface area contributed by atoms with Crippen LogP contribution < -0.4 is 5.32 Å². The van der Waals surface area contributed by atoms with Crippen molar-refractivity contribution in [1.29, 1.82) is 0 Å². The molecule has 0 fully saturated rings. The van der Waals surface area contributed by atoms with Gasteiger partial charge in [0.05, 0.1) is 18.8 Å². The zero-order chi connectivity index (χ0) is 59.1. The minimum atomic E-state index is -0.885. The first-order valence-electron chi connectivity index (χ1n) is 35.0. The van der Waals surface area contributed by atoms with Crippen LogP contribution in [0.1, 0.15) is 322 Å². The molecule has 0 aromatic carbocycles. The highest BCUT2D eigenvalue weighted by Gasteiger charge is 2.18. The van der Waals surface area contributed by atoms with Gasteiger partial charge in [-0.15, -0.1) is 0 Å². The number of rotatable bonds is 63. The maximum absolute atomic E-state index is 12.5. The number of aliphatic hydroxyl groups excluding tert-OH is 2. The summed E-state index contributed by atoms with van der Waals surface area (Å²) in [6, 6.07) is -0.662. The summed E-state index contributed by atoms with van der Waals surface area (Å²) in [6.07, 6.45) is 112. The van der Waals surface area contributed by atoms with Crippen molar-refractivity contribution >= 4 is 5.91 Å². The molecule has 4 nitrogen and oxygen atoms in total. The molecule has 0 radical (unpaired) electrons. The average Bonchev–Trinajstić information content (AvgIpc) is 3.50. The number of amides is 1. The Balaban J connectivity index is 3.60. The van der Waals surface area contributed by atoms with E-state index in [0.717, 1.165) is 103 Å². The van der Waals surface area contributed by atoms with Crippen LogP contribution in [0.15, 0.2) is 146 Å². The Morgan fingerprint density at radius 3 is 0.854 bits per heavy atom. The lowest BCUT2D eigenvalue weighted by Gasteiger charge is -2.19. The largest absolute Gasteiger partial charge is 0.394 e. The second-order valence-electron chi connectivity index (χ2n) is 23.2. The van der Waals surface area contributed by atoms with Crippen LogP contribution in [-0.4, -0.2) is 34.9 Å². The molecule has 2 unspecified atom stereocenters. The highest BCUT2D eigenvalue weighted by Crippen LogP contribution is 2.17. The van der Waals surface area contributed by atoms with Gasteiger partial charge in [0, 0.05) is 6.42 Å². The Kier molecular flexibility index (Phi) is 68.3. The molecule has 0 spiro atoms. The molecule has 4 heteroatoms. The van der Waals surface area contributed by atoms with Gasteiger partial charge in [-0.1, -0.05) is 346 Å². The molecule has 0 saturated carbocycles. The van der Waals surface area contributed by atoms with Crippen molar-refractivity contribution in [2.24, 2.45) is 0 Å². The number of hydrogen-bond donors (Lipinski definition) is 3. The Labute approximate surface area is 510 Å². The molecule has 2 atom stereocenters. The number of allylic oxidation sites excluding steroid dienone is 23. The van der Waals surface area contributed by atoms with Crippen molar-refractivity contribution in [2.45, 2.75) is 334 Å². The van der Waals surface area contributed by atoms with E-state index in [-0.39, 0.29) is 12.5 Å². The summed E-state index contributed by atoms with van der Waals surface area (Å²) in [5, 5.41) is 23.3. The Hall–Kier alpha value is -3.73. The van der Waals surface area contributed by atoms with Crippen LogP contribution in [0.25, 0.3) is 0 Å². The van der Waals surface area contributed by atoms with Crippen LogP contribution in [0, 0.1) is 0 Å². The molecule has 0 aromatic heterocycles. The van der Waals surface area contributed by atoms with Crippen LogP contribution in [0.4, 0.5) is 0 Å². The van der Waals surface area contributed by atoms with Gasteiger partial charge in [0.15, 0.2) is 0 Å². The minimum absolute atomic E-state index is 0.0877. The van der Waals surface area contributed by atoms with E-state index < -0.39 is 12.1 Å². The summed E-state index contributed by atoms with van der Waals surface area (Å²) in [5.74, 6) is -0.0877. The Morgan fingerprint density at radius 2 is 0.549 bits per heavy atom. The predicted octanol–water partition coefficient (Wildman–Crippen LogP) is 24.3. The lowest BCUT2D eigenvalue weighted by atomic mass is 10.0. The number of carbonyl (C=O) groups excluding carboxylic acids is 1. The summed E-state index contributed by atoms with van der Waals surface area (Å²) in [5.41, 5.74) is 0. The molecule has 3 N–H and O–H groups in total. The third kappa shape index (κ3) is 67.1. The summed E-state index contributed by atoms with van der Waals surface area (Å²) >= 11 is 0. The third-order valence-corrected chi connectivity index (χ3v) is 15.3. The van der Waals surface area contributed by atoms with E-state index in [1.54, 1.807) is 6.08 Å². The second-order valence-corrected chi connectivity index (χ2v) is 23.2. The lowest BCUT2D eigenvalue weighted by Crippen LogP contribution is -2.45. The molecule has 0 aromatic rings. The molecule has 0 heterocycles. The summed E-state index contributed by atoms with van der Waals surface area (Å²) in [6.45, 7) is 4.19. The van der Waals surface area contributed by atoms with E-state index in [9.17, 15) is 15.0 Å². The minimum Gasteiger partial charge on any atom is -0.394 e. The Bertz CT molecular complexity index is 1670. The van der Waals surface area contributed by atoms with Crippen LogP contribution >= 0.6 is 0 Å². The molecule has 0 rings (SSSR count). The first kappa shape index (κ1) is 78.3. The number of nitrogens with one attached hydrogen (secondary N) is 1. The molecule has 0 aliphatic heterocycles. The SMILES string of the molecule is CC/C=C\C/C=C\C/C=C\C/C=C\C/C=C\C/C=C\C/C=C\C/C=C\C/C=C\CCCCCCCCCCCC(=O)NC(CO)C(O)/C=C/CC/C=C/CC/C=C/CCCCCCCCCCCCCCCCCCCCCCCCC. The third-order valence-electron chi connectivity index (χ3n) is 15.3. The summed E-state index contributed by atoms with van der Waals surface area (Å²) in [4.78, 5) is 12.5. The molecular formula is C78H133NO3. The van der Waals surface area contributed by atoms with Crippen molar-refractivity contribution in [3.63, 3.8) is 0 Å². The summed E-state index contributed by atoms with van der Waals surface area (Å²) in [7, 11) is 0. The molecule has 0 aliphatic rings. The quantitative estimate of drug-likeness (QED) is 0.0420. The Morgan fingerprint density at radius 1 is 0.305 bits per heavy atom. The van der Waals surface area contributed by atoms with Gasteiger partial charge in [-0.2, -0.15) is 0 Å². The molecule has 468 valence electrons. The van der Waals surface area contributed by atoms with Crippen molar-refractivity contribution in [3.05, 3.63) is 146 Å². The lowest BCUT2D eigenvalue weighted by molar-refractivity contribution is -0.123. The van der Waals surface area contributed by atoms with Crippen LogP contribution in [0.3, 0.4) is 0 Å². The number of hydrogen-bond acceptors (Lipinski definition) is 3. The molecule has 0 aliphatic carbocycles. The molecule has 82 heavy (non-hydrogen) atoms. The predicted molar refractivity (Wildman–Crippen MR) is 368 cm³/mol. The maximum atomic E-state index is 12.5. The van der Waals surface area contributed by atoms with Gasteiger partial charge >= 0.3 is 0 Å². The summed E-state index contributed by atoms with van der Waals surface area (Å²) < 4.78 is 0. The van der Waals surface area contributed by atoms with Gasteiger partial charge in [-0.05, 0) is 116 Å². The highest BCUT2D eigenvalue weighted by molar-refractivity contribution is 5.76. The topological polar surface area (TPSA) is 69.6 Å². The number of unbranched alkanes of at least 4 members (excludes halogenated alkanes) is 34. The monoisotopic (exact) mass is 1130 g/mol. The fourth-order valence-electron chi connectivity index (χ4n) is 10.0. The molecular weight excluding hydrogens is 999 g/mol. The van der Waals surface area contributed by atoms with Crippen molar-refractivity contribution in [1.82, 2.24) is 5.32 Å². The van der Waals surface area contributed by atoms with Gasteiger partial charge in [0.2, 0.25) is 5.91 Å². The zero-order valence-electron chi connectivity index (χ0n) is 54.0. The van der Waals surface area contributed by atoms with E-state index in [2.05, 4.69) is 153 Å². The van der Waals surface area contributed by atoms with E-state index >= 15 is 0 Å². The van der Waals surface area contributed by atoms with Gasteiger partial charge in [-0.25, -0.2) is 0 Å². The van der Waals surface area contributed by atoms with Crippen LogP contribution in [0.2, 0.25) is 0 Å². The van der Waals surface area contributed by atoms with E-state index in [4.69, 9.17) is 0 Å². The van der Waals surface area contributed by atoms with Crippen LogP contribution in [-0.2, 0) is 4.79 Å². The fraction of sp³-hybridized carbons (Fsp3) is 0.679. The molecule has 0 bridgehead atoms. The van der Waals surface area contributed by atoms with E-state index in [1.165, 1.54) is 199 Å². The van der Waals surface area contributed by atoms with Crippen molar-refractivity contribution in [3.8, 4) is 0 Å². The number of carbonyl (C=O) groups is 1. The van der Waals surface area contributed by atoms with Crippen molar-refractivity contribution in [2.75, 3.05) is 6.61 Å².